The molecule has 6 heteroatoms. The monoisotopic (exact) mass is 345 g/mol. The van der Waals surface area contributed by atoms with E-state index in [4.69, 9.17) is 4.74 Å². The first-order chi connectivity index (χ1) is 12.0. The second-order valence-corrected chi connectivity index (χ2v) is 5.84. The number of ether oxygens (including phenoxy) is 1. The van der Waals surface area contributed by atoms with Gasteiger partial charge < -0.3 is 15.0 Å². The van der Waals surface area contributed by atoms with Crippen molar-refractivity contribution in [2.45, 2.75) is 32.4 Å². The highest BCUT2D eigenvalue weighted by Gasteiger charge is 2.24. The van der Waals surface area contributed by atoms with Gasteiger partial charge in [-0.3, -0.25) is 4.98 Å². The number of amides is 2. The Morgan fingerprint density at radius 2 is 2.00 bits per heavy atom. The molecule has 2 rings (SSSR count). The number of aromatic nitrogens is 1. The number of carbonyl (C=O) groups is 1. The van der Waals surface area contributed by atoms with Crippen LogP contribution in [0, 0.1) is 5.82 Å². The van der Waals surface area contributed by atoms with Crippen molar-refractivity contribution in [2.24, 2.45) is 0 Å². The summed E-state index contributed by atoms with van der Waals surface area (Å²) in [6, 6.07) is 7.50. The number of benzene rings is 1. The van der Waals surface area contributed by atoms with Crippen LogP contribution >= 0.6 is 0 Å². The molecule has 0 aliphatic carbocycles. The summed E-state index contributed by atoms with van der Waals surface area (Å²) in [7, 11) is 3.21. The third-order valence-electron chi connectivity index (χ3n) is 4.27. The second-order valence-electron chi connectivity index (χ2n) is 5.84. The summed E-state index contributed by atoms with van der Waals surface area (Å²) < 4.78 is 19.4. The molecule has 2 unspecified atom stereocenters. The van der Waals surface area contributed by atoms with Gasteiger partial charge in [0, 0.05) is 19.4 Å². The van der Waals surface area contributed by atoms with Gasteiger partial charge in [0.15, 0.2) is 0 Å². The van der Waals surface area contributed by atoms with E-state index >= 15 is 0 Å². The van der Waals surface area contributed by atoms with E-state index in [1.165, 1.54) is 13.2 Å². The normalized spacial score (nSPS) is 13.0. The average molecular weight is 345 g/mol. The minimum atomic E-state index is -0.527. The van der Waals surface area contributed by atoms with Crippen molar-refractivity contribution in [1.29, 1.82) is 0 Å². The first kappa shape index (κ1) is 18.7. The Labute approximate surface area is 147 Å². The Morgan fingerprint density at radius 3 is 2.60 bits per heavy atom. The molecule has 1 aromatic heterocycles. The molecule has 0 fully saturated rings. The lowest BCUT2D eigenvalue weighted by molar-refractivity contribution is 0.185. The molecule has 0 aliphatic rings. The number of hydrogen-bond acceptors (Lipinski definition) is 3. The minimum absolute atomic E-state index is 0.0854. The molecule has 2 amide bonds. The third-order valence-corrected chi connectivity index (χ3v) is 4.27. The fraction of sp³-hybridized carbons (Fsp3) is 0.368. The zero-order valence-corrected chi connectivity index (χ0v) is 15.0. The summed E-state index contributed by atoms with van der Waals surface area (Å²) in [5, 5.41) is 2.85. The quantitative estimate of drug-likeness (QED) is 0.858. The van der Waals surface area contributed by atoms with E-state index in [0.717, 1.165) is 12.0 Å². The van der Waals surface area contributed by atoms with Gasteiger partial charge >= 0.3 is 6.03 Å². The molecular formula is C19H24FN3O2. The standard InChI is InChI=1S/C19H24FN3O2/c1-5-16(14-9-11-21-12-10-14)23(3)19(24)22-13(2)18-15(20)7-6-8-17(18)25-4/h6-13,16H,5H2,1-4H3,(H,22,24). The lowest BCUT2D eigenvalue weighted by Crippen LogP contribution is -2.40. The first-order valence-electron chi connectivity index (χ1n) is 8.25. The SMILES string of the molecule is CCC(c1ccncc1)N(C)C(=O)NC(C)c1c(F)cccc1OC. The van der Waals surface area contributed by atoms with E-state index in [2.05, 4.69) is 10.3 Å². The van der Waals surface area contributed by atoms with Crippen molar-refractivity contribution >= 4 is 6.03 Å². The number of methoxy groups -OCH3 is 1. The number of nitrogens with zero attached hydrogens (tertiary/aromatic N) is 2. The Bertz CT molecular complexity index is 709. The summed E-state index contributed by atoms with van der Waals surface area (Å²) in [6.07, 6.45) is 4.17. The fourth-order valence-corrected chi connectivity index (χ4v) is 2.93. The van der Waals surface area contributed by atoms with Gasteiger partial charge in [-0.15, -0.1) is 0 Å². The average Bonchev–Trinajstić information content (AvgIpc) is 2.62. The molecule has 134 valence electrons. The van der Waals surface area contributed by atoms with E-state index < -0.39 is 11.9 Å². The lowest BCUT2D eigenvalue weighted by Gasteiger charge is -2.29. The maximum absolute atomic E-state index is 14.2. The highest BCUT2D eigenvalue weighted by Crippen LogP contribution is 2.28. The van der Waals surface area contributed by atoms with Gasteiger partial charge in [0.05, 0.1) is 24.8 Å². The van der Waals surface area contributed by atoms with Gasteiger partial charge in [-0.25, -0.2) is 9.18 Å². The Balaban J connectivity index is 2.15. The Kier molecular flexibility index (Phi) is 6.33. The van der Waals surface area contributed by atoms with Crippen LogP contribution in [0.1, 0.15) is 43.5 Å². The minimum Gasteiger partial charge on any atom is -0.496 e. The molecule has 2 aromatic rings. The predicted octanol–water partition coefficient (Wildman–Crippen LogP) is 4.08. The number of nitrogens with one attached hydrogen (secondary N) is 1. The van der Waals surface area contributed by atoms with Gasteiger partial charge in [0.25, 0.3) is 0 Å². The van der Waals surface area contributed by atoms with Gasteiger partial charge in [0.2, 0.25) is 0 Å². The molecule has 25 heavy (non-hydrogen) atoms. The van der Waals surface area contributed by atoms with Crippen molar-refractivity contribution in [3.63, 3.8) is 0 Å². The molecule has 5 nitrogen and oxygen atoms in total. The van der Waals surface area contributed by atoms with E-state index in [1.54, 1.807) is 43.4 Å². The molecule has 0 aliphatic heterocycles. The van der Waals surface area contributed by atoms with Crippen molar-refractivity contribution in [1.82, 2.24) is 15.2 Å². The molecule has 0 bridgehead atoms. The number of rotatable bonds is 6. The highest BCUT2D eigenvalue weighted by atomic mass is 19.1. The molecule has 2 atom stereocenters. The molecular weight excluding hydrogens is 321 g/mol. The zero-order valence-electron chi connectivity index (χ0n) is 15.0. The van der Waals surface area contributed by atoms with Gasteiger partial charge in [0.1, 0.15) is 11.6 Å². The summed E-state index contributed by atoms with van der Waals surface area (Å²) in [6.45, 7) is 3.75. The van der Waals surface area contributed by atoms with E-state index in [1.807, 2.05) is 19.1 Å². The Hall–Kier alpha value is -2.63. The largest absolute Gasteiger partial charge is 0.496 e. The number of pyridine rings is 1. The van der Waals surface area contributed by atoms with E-state index in [0.29, 0.717) is 11.3 Å². The topological polar surface area (TPSA) is 54.5 Å². The van der Waals surface area contributed by atoms with Gasteiger partial charge in [-0.2, -0.15) is 0 Å². The van der Waals surface area contributed by atoms with E-state index in [-0.39, 0.29) is 12.1 Å². The van der Waals surface area contributed by atoms with Crippen LogP contribution in [0.3, 0.4) is 0 Å². The summed E-state index contributed by atoms with van der Waals surface area (Å²) in [5.41, 5.74) is 1.34. The number of carbonyl (C=O) groups excluding carboxylic acids is 1. The van der Waals surface area contributed by atoms with Crippen molar-refractivity contribution < 1.29 is 13.9 Å². The van der Waals surface area contributed by atoms with Crippen LogP contribution < -0.4 is 10.1 Å². The van der Waals surface area contributed by atoms with Crippen molar-refractivity contribution in [2.75, 3.05) is 14.2 Å². The van der Waals surface area contributed by atoms with Crippen LogP contribution in [-0.4, -0.2) is 30.1 Å². The molecule has 1 aromatic carbocycles. The fourth-order valence-electron chi connectivity index (χ4n) is 2.93. The van der Waals surface area contributed by atoms with E-state index in [9.17, 15) is 9.18 Å². The Morgan fingerprint density at radius 1 is 1.32 bits per heavy atom. The highest BCUT2D eigenvalue weighted by molar-refractivity contribution is 5.75. The second kappa shape index (κ2) is 8.46. The zero-order chi connectivity index (χ0) is 18.4. The molecule has 0 saturated carbocycles. The first-order valence-corrected chi connectivity index (χ1v) is 8.25. The maximum Gasteiger partial charge on any atom is 0.318 e. The molecule has 0 radical (unpaired) electrons. The van der Waals surface area contributed by atoms with Crippen LogP contribution in [-0.2, 0) is 0 Å². The predicted molar refractivity (Wildman–Crippen MR) is 94.9 cm³/mol. The molecule has 1 heterocycles. The van der Waals surface area contributed by atoms with Crippen LogP contribution in [0.15, 0.2) is 42.7 Å². The summed E-state index contributed by atoms with van der Waals surface area (Å²) >= 11 is 0. The number of urea groups is 1. The van der Waals surface area contributed by atoms with Gasteiger partial charge in [-0.05, 0) is 43.2 Å². The van der Waals surface area contributed by atoms with Crippen molar-refractivity contribution in [3.8, 4) is 5.75 Å². The van der Waals surface area contributed by atoms with Crippen LogP contribution in [0.2, 0.25) is 0 Å². The number of hydrogen-bond donors (Lipinski definition) is 1. The summed E-state index contributed by atoms with van der Waals surface area (Å²) in [4.78, 5) is 18.3. The van der Waals surface area contributed by atoms with Crippen LogP contribution in [0.5, 0.6) is 5.75 Å². The van der Waals surface area contributed by atoms with Gasteiger partial charge in [-0.1, -0.05) is 13.0 Å². The lowest BCUT2D eigenvalue weighted by atomic mass is 10.0. The molecule has 0 spiro atoms. The van der Waals surface area contributed by atoms with Crippen molar-refractivity contribution in [3.05, 3.63) is 59.7 Å². The maximum atomic E-state index is 14.2. The van der Waals surface area contributed by atoms with Crippen LogP contribution in [0.25, 0.3) is 0 Å². The molecule has 0 saturated heterocycles. The van der Waals surface area contributed by atoms with Crippen LogP contribution in [0.4, 0.5) is 9.18 Å². The smallest absolute Gasteiger partial charge is 0.318 e. The summed E-state index contributed by atoms with van der Waals surface area (Å²) in [5.74, 6) is 0.00704. The molecule has 1 N–H and O–H groups in total. The third kappa shape index (κ3) is 4.26. The number of halogens is 1.